The van der Waals surface area contributed by atoms with Crippen molar-refractivity contribution in [1.29, 1.82) is 0 Å². The lowest BCUT2D eigenvalue weighted by Crippen LogP contribution is -2.32. The van der Waals surface area contributed by atoms with Crippen LogP contribution >= 0.6 is 11.8 Å². The molecule has 0 unspecified atom stereocenters. The van der Waals surface area contributed by atoms with E-state index < -0.39 is 5.97 Å². The molecular formula is C29H24N2O3S. The zero-order chi connectivity index (χ0) is 23.8. The molecule has 0 spiro atoms. The molecule has 0 fully saturated rings. The molecule has 6 heteroatoms. The number of aryl methyl sites for hydroxylation is 1. The van der Waals surface area contributed by atoms with E-state index in [0.717, 1.165) is 75.4 Å². The highest BCUT2D eigenvalue weighted by Crippen LogP contribution is 2.47. The number of pyridine rings is 1. The van der Waals surface area contributed by atoms with E-state index in [1.165, 1.54) is 0 Å². The Kier molecular flexibility index (Phi) is 5.74. The summed E-state index contributed by atoms with van der Waals surface area (Å²) in [5.74, 6) is -0.731. The van der Waals surface area contributed by atoms with Crippen molar-refractivity contribution >= 4 is 45.9 Å². The maximum Gasteiger partial charge on any atom is 0.339 e. The molecular weight excluding hydrogens is 456 g/mol. The average molecular weight is 481 g/mol. The summed E-state index contributed by atoms with van der Waals surface area (Å²) >= 11 is 1.64. The Labute approximate surface area is 208 Å². The Morgan fingerprint density at radius 2 is 1.49 bits per heavy atom. The second kappa shape index (κ2) is 9.19. The topological polar surface area (TPSA) is 59.5 Å². The van der Waals surface area contributed by atoms with Crippen molar-refractivity contribution in [2.75, 3.05) is 11.5 Å². The van der Waals surface area contributed by atoms with E-state index in [4.69, 9.17) is 9.72 Å². The molecule has 3 aromatic carbocycles. The normalized spacial score (nSPS) is 14.5. The molecule has 2 heterocycles. The maximum atomic E-state index is 13.5. The van der Waals surface area contributed by atoms with Crippen LogP contribution in [0.4, 0.5) is 11.4 Å². The number of rotatable bonds is 3. The zero-order valence-electron chi connectivity index (χ0n) is 19.2. The van der Waals surface area contributed by atoms with Gasteiger partial charge in [-0.05, 0) is 61.6 Å². The highest BCUT2D eigenvalue weighted by atomic mass is 32.2. The van der Waals surface area contributed by atoms with Crippen molar-refractivity contribution < 1.29 is 14.3 Å². The van der Waals surface area contributed by atoms with Crippen LogP contribution in [0, 0.1) is 0 Å². The molecule has 0 radical (unpaired) electrons. The Bertz CT molecular complexity index is 1420. The Hall–Kier alpha value is -3.64. The number of anilines is 2. The van der Waals surface area contributed by atoms with Gasteiger partial charge < -0.3 is 4.74 Å². The smallest absolute Gasteiger partial charge is 0.339 e. The molecule has 1 aromatic heterocycles. The molecule has 0 N–H and O–H groups in total. The van der Waals surface area contributed by atoms with Crippen LogP contribution in [0.25, 0.3) is 10.9 Å². The number of fused-ring (bicyclic) bond motifs is 4. The third kappa shape index (κ3) is 3.98. The molecule has 0 atom stereocenters. The third-order valence-electron chi connectivity index (χ3n) is 6.63. The van der Waals surface area contributed by atoms with Gasteiger partial charge in [0.25, 0.3) is 5.91 Å². The number of ether oxygens (including phenoxy) is 1. The summed E-state index contributed by atoms with van der Waals surface area (Å²) in [5.41, 5.74) is 4.93. The molecule has 0 saturated carbocycles. The second-order valence-electron chi connectivity index (χ2n) is 8.83. The first kappa shape index (κ1) is 21.9. The van der Waals surface area contributed by atoms with Gasteiger partial charge >= 0.3 is 5.97 Å². The summed E-state index contributed by atoms with van der Waals surface area (Å²) in [6.45, 7) is -0.336. The lowest BCUT2D eigenvalue weighted by molar-refractivity contribution is -0.121. The van der Waals surface area contributed by atoms with Gasteiger partial charge in [-0.25, -0.2) is 4.79 Å². The summed E-state index contributed by atoms with van der Waals surface area (Å²) in [5, 5.41) is 0.788. The molecule has 1 aliphatic heterocycles. The number of carbonyl (C=O) groups is 2. The van der Waals surface area contributed by atoms with E-state index in [-0.39, 0.29) is 12.5 Å². The highest BCUT2D eigenvalue weighted by molar-refractivity contribution is 7.99. The molecule has 1 aliphatic carbocycles. The lowest BCUT2D eigenvalue weighted by Gasteiger charge is -2.30. The van der Waals surface area contributed by atoms with Gasteiger partial charge in [0.2, 0.25) is 0 Å². The quantitative estimate of drug-likeness (QED) is 0.248. The summed E-state index contributed by atoms with van der Waals surface area (Å²) < 4.78 is 5.72. The summed E-state index contributed by atoms with van der Waals surface area (Å²) in [6, 6.07) is 23.3. The Morgan fingerprint density at radius 1 is 0.829 bits per heavy atom. The number of amides is 1. The van der Waals surface area contributed by atoms with Crippen LogP contribution < -0.4 is 4.90 Å². The van der Waals surface area contributed by atoms with Crippen LogP contribution in [0.2, 0.25) is 0 Å². The number of aromatic nitrogens is 1. The molecule has 2 aliphatic rings. The Balaban J connectivity index is 1.32. The first-order valence-electron chi connectivity index (χ1n) is 12.0. The van der Waals surface area contributed by atoms with Gasteiger partial charge in [-0.2, -0.15) is 0 Å². The molecule has 35 heavy (non-hydrogen) atoms. The van der Waals surface area contributed by atoms with Crippen molar-refractivity contribution in [3.63, 3.8) is 0 Å². The summed E-state index contributed by atoms with van der Waals surface area (Å²) in [7, 11) is 0. The molecule has 0 bridgehead atoms. The third-order valence-corrected chi connectivity index (χ3v) is 7.76. The molecule has 174 valence electrons. The van der Waals surface area contributed by atoms with Crippen LogP contribution in [-0.4, -0.2) is 23.5 Å². The SMILES string of the molecule is O=C(OCC(=O)N1c2ccccc2Sc2ccccc21)c1c2c(nc3ccccc13)CCCCC2. The number of hydrogen-bond donors (Lipinski definition) is 0. The lowest BCUT2D eigenvalue weighted by atomic mass is 9.97. The molecule has 4 aromatic rings. The van der Waals surface area contributed by atoms with Crippen LogP contribution in [0.3, 0.4) is 0 Å². The van der Waals surface area contributed by atoms with E-state index in [0.29, 0.717) is 5.56 Å². The number of para-hydroxylation sites is 3. The molecule has 5 nitrogen and oxygen atoms in total. The van der Waals surface area contributed by atoms with Crippen molar-refractivity contribution in [1.82, 2.24) is 4.98 Å². The monoisotopic (exact) mass is 480 g/mol. The van der Waals surface area contributed by atoms with E-state index in [1.54, 1.807) is 16.7 Å². The highest BCUT2D eigenvalue weighted by Gasteiger charge is 2.29. The van der Waals surface area contributed by atoms with Crippen LogP contribution in [-0.2, 0) is 22.4 Å². The number of nitrogens with zero attached hydrogens (tertiary/aromatic N) is 2. The summed E-state index contributed by atoms with van der Waals surface area (Å²) in [4.78, 5) is 35.5. The van der Waals surface area contributed by atoms with E-state index in [9.17, 15) is 9.59 Å². The van der Waals surface area contributed by atoms with Gasteiger partial charge in [-0.15, -0.1) is 0 Å². The first-order chi connectivity index (χ1) is 17.2. The van der Waals surface area contributed by atoms with Crippen molar-refractivity contribution in [3.05, 3.63) is 89.6 Å². The fraction of sp³-hybridized carbons (Fsp3) is 0.207. The van der Waals surface area contributed by atoms with E-state index in [1.807, 2.05) is 72.8 Å². The Morgan fingerprint density at radius 3 is 2.26 bits per heavy atom. The largest absolute Gasteiger partial charge is 0.452 e. The van der Waals surface area contributed by atoms with Gasteiger partial charge in [0, 0.05) is 20.9 Å². The van der Waals surface area contributed by atoms with E-state index >= 15 is 0 Å². The van der Waals surface area contributed by atoms with Gasteiger partial charge in [0.05, 0.1) is 22.5 Å². The number of esters is 1. The molecule has 6 rings (SSSR count). The van der Waals surface area contributed by atoms with Crippen LogP contribution in [0.1, 0.15) is 40.9 Å². The fourth-order valence-electron chi connectivity index (χ4n) is 5.02. The van der Waals surface area contributed by atoms with Crippen molar-refractivity contribution in [2.45, 2.75) is 41.9 Å². The van der Waals surface area contributed by atoms with Crippen molar-refractivity contribution in [3.8, 4) is 0 Å². The van der Waals surface area contributed by atoms with Gasteiger partial charge in [0.15, 0.2) is 6.61 Å². The summed E-state index contributed by atoms with van der Waals surface area (Å²) in [6.07, 6.45) is 4.86. The average Bonchev–Trinajstić information content (AvgIpc) is 3.14. The first-order valence-corrected chi connectivity index (χ1v) is 12.8. The molecule has 0 saturated heterocycles. The molecule has 1 amide bonds. The van der Waals surface area contributed by atoms with Crippen molar-refractivity contribution in [2.24, 2.45) is 0 Å². The maximum absolute atomic E-state index is 13.5. The zero-order valence-corrected chi connectivity index (χ0v) is 20.0. The van der Waals surface area contributed by atoms with E-state index in [2.05, 4.69) is 0 Å². The predicted octanol–water partition coefficient (Wildman–Crippen LogP) is 6.49. The minimum atomic E-state index is -0.456. The predicted molar refractivity (Wildman–Crippen MR) is 137 cm³/mol. The standard InChI is InChI=1S/C29H24N2O3S/c32-27(31-23-14-6-8-16-25(23)35-26-17-9-7-15-24(26)31)18-34-29(33)28-19-10-2-1-3-12-21(19)30-22-13-5-4-11-20(22)28/h4-9,11,13-17H,1-3,10,12,18H2. The second-order valence-corrected chi connectivity index (χ2v) is 9.92. The van der Waals surface area contributed by atoms with Crippen LogP contribution in [0.15, 0.2) is 82.6 Å². The number of carbonyl (C=O) groups excluding carboxylic acids is 2. The minimum absolute atomic E-state index is 0.275. The van der Waals surface area contributed by atoms with Gasteiger partial charge in [0.1, 0.15) is 0 Å². The van der Waals surface area contributed by atoms with Gasteiger partial charge in [-0.3, -0.25) is 14.7 Å². The van der Waals surface area contributed by atoms with Gasteiger partial charge in [-0.1, -0.05) is 60.6 Å². The fourth-order valence-corrected chi connectivity index (χ4v) is 6.08. The van der Waals surface area contributed by atoms with Crippen LogP contribution in [0.5, 0.6) is 0 Å². The number of benzene rings is 3. The number of hydrogen-bond acceptors (Lipinski definition) is 5. The minimum Gasteiger partial charge on any atom is -0.452 e.